The van der Waals surface area contributed by atoms with Crippen LogP contribution < -0.4 is 16.0 Å². The second-order valence-corrected chi connectivity index (χ2v) is 8.49. The molecule has 178 valence electrons. The number of carbonyl (C=O) groups excluding carboxylic acids is 3. The molecule has 0 saturated heterocycles. The minimum Gasteiger partial charge on any atom is -0.376 e. The van der Waals surface area contributed by atoms with Crippen LogP contribution >= 0.6 is 0 Å². The Morgan fingerprint density at radius 2 is 1.24 bits per heavy atom. The van der Waals surface area contributed by atoms with E-state index in [1.54, 1.807) is 36.4 Å². The van der Waals surface area contributed by atoms with Crippen molar-refractivity contribution in [3.63, 3.8) is 0 Å². The van der Waals surface area contributed by atoms with E-state index in [2.05, 4.69) is 29.8 Å². The minimum absolute atomic E-state index is 0.0258. The van der Waals surface area contributed by atoms with Crippen LogP contribution in [0.3, 0.4) is 0 Å². The van der Waals surface area contributed by atoms with Crippen molar-refractivity contribution in [3.8, 4) is 0 Å². The van der Waals surface area contributed by atoms with Crippen LogP contribution in [-0.2, 0) is 9.59 Å². The monoisotopic (exact) mass is 452 g/mol. The molecule has 3 amide bonds. The van der Waals surface area contributed by atoms with Crippen LogP contribution in [0, 0.1) is 5.92 Å². The number of hydrogen-bond donors (Lipinski definition) is 3. The van der Waals surface area contributed by atoms with E-state index in [0.717, 1.165) is 31.6 Å². The SMILES string of the molecule is CCCN(CCC)C(=O)c1ccc(NCC(=O)Nc2ccc(NC(=O)CC(C)C)cc2)cc1. The first-order valence-electron chi connectivity index (χ1n) is 11.6. The second-order valence-electron chi connectivity index (χ2n) is 8.49. The van der Waals surface area contributed by atoms with Crippen molar-refractivity contribution in [1.29, 1.82) is 0 Å². The van der Waals surface area contributed by atoms with E-state index in [0.29, 0.717) is 29.3 Å². The van der Waals surface area contributed by atoms with Gasteiger partial charge in [-0.25, -0.2) is 0 Å². The Labute approximate surface area is 196 Å². The highest BCUT2D eigenvalue weighted by Crippen LogP contribution is 2.15. The molecule has 0 spiro atoms. The fraction of sp³-hybridized carbons (Fsp3) is 0.423. The summed E-state index contributed by atoms with van der Waals surface area (Å²) in [5, 5.41) is 8.74. The zero-order valence-electron chi connectivity index (χ0n) is 20.1. The lowest BCUT2D eigenvalue weighted by molar-refractivity contribution is -0.117. The molecule has 2 aromatic rings. The Hall–Kier alpha value is -3.35. The van der Waals surface area contributed by atoms with Crippen LogP contribution in [-0.4, -0.2) is 42.3 Å². The van der Waals surface area contributed by atoms with E-state index in [9.17, 15) is 14.4 Å². The van der Waals surface area contributed by atoms with Crippen molar-refractivity contribution in [2.24, 2.45) is 5.92 Å². The summed E-state index contributed by atoms with van der Waals surface area (Å²) in [6, 6.07) is 14.2. The molecule has 2 aromatic carbocycles. The van der Waals surface area contributed by atoms with Gasteiger partial charge in [-0.1, -0.05) is 27.7 Å². The van der Waals surface area contributed by atoms with Gasteiger partial charge >= 0.3 is 0 Å². The highest BCUT2D eigenvalue weighted by Gasteiger charge is 2.14. The maximum absolute atomic E-state index is 12.7. The number of benzene rings is 2. The molecule has 0 atom stereocenters. The standard InChI is InChI=1S/C26H36N4O3/c1-5-15-30(16-6-2)26(33)20-7-9-21(10-8-20)27-18-25(32)29-23-13-11-22(12-14-23)28-24(31)17-19(3)4/h7-14,19,27H,5-6,15-18H2,1-4H3,(H,28,31)(H,29,32). The first-order valence-corrected chi connectivity index (χ1v) is 11.6. The Morgan fingerprint density at radius 1 is 0.758 bits per heavy atom. The number of nitrogens with one attached hydrogen (secondary N) is 3. The number of rotatable bonds is 12. The molecule has 33 heavy (non-hydrogen) atoms. The summed E-state index contributed by atoms with van der Waals surface area (Å²) in [7, 11) is 0. The average molecular weight is 453 g/mol. The lowest BCUT2D eigenvalue weighted by Gasteiger charge is -2.21. The summed E-state index contributed by atoms with van der Waals surface area (Å²) in [5.41, 5.74) is 2.76. The normalized spacial score (nSPS) is 10.6. The first-order chi connectivity index (χ1) is 15.8. The predicted molar refractivity (Wildman–Crippen MR) is 135 cm³/mol. The molecule has 0 aliphatic heterocycles. The van der Waals surface area contributed by atoms with E-state index < -0.39 is 0 Å². The summed E-state index contributed by atoms with van der Waals surface area (Å²) in [4.78, 5) is 38.6. The fourth-order valence-electron chi connectivity index (χ4n) is 3.38. The number of hydrogen-bond acceptors (Lipinski definition) is 4. The molecule has 0 radical (unpaired) electrons. The number of amides is 3. The molecular formula is C26H36N4O3. The van der Waals surface area contributed by atoms with Gasteiger partial charge in [0.2, 0.25) is 11.8 Å². The third-order valence-corrected chi connectivity index (χ3v) is 4.91. The molecule has 2 rings (SSSR count). The Bertz CT molecular complexity index is 902. The molecule has 0 aliphatic rings. The molecule has 0 aliphatic carbocycles. The van der Waals surface area contributed by atoms with Crippen molar-refractivity contribution < 1.29 is 14.4 Å². The van der Waals surface area contributed by atoms with Crippen molar-refractivity contribution >= 4 is 34.8 Å². The summed E-state index contributed by atoms with van der Waals surface area (Å²) in [6.07, 6.45) is 2.32. The van der Waals surface area contributed by atoms with Gasteiger partial charge in [0.05, 0.1) is 6.54 Å². The predicted octanol–water partition coefficient (Wildman–Crippen LogP) is 4.98. The third-order valence-electron chi connectivity index (χ3n) is 4.91. The summed E-state index contributed by atoms with van der Waals surface area (Å²) in [6.45, 7) is 9.71. The van der Waals surface area contributed by atoms with Gasteiger partial charge in [-0.3, -0.25) is 14.4 Å². The van der Waals surface area contributed by atoms with Gasteiger partial charge < -0.3 is 20.9 Å². The van der Waals surface area contributed by atoms with Crippen molar-refractivity contribution in [1.82, 2.24) is 4.90 Å². The van der Waals surface area contributed by atoms with Gasteiger partial charge in [0.15, 0.2) is 0 Å². The van der Waals surface area contributed by atoms with Crippen LogP contribution in [0.2, 0.25) is 0 Å². The lowest BCUT2D eigenvalue weighted by Crippen LogP contribution is -2.32. The summed E-state index contributed by atoms with van der Waals surface area (Å²) >= 11 is 0. The highest BCUT2D eigenvalue weighted by atomic mass is 16.2. The Balaban J connectivity index is 1.83. The Morgan fingerprint density at radius 3 is 1.73 bits per heavy atom. The van der Waals surface area contributed by atoms with E-state index in [1.807, 2.05) is 30.9 Å². The largest absolute Gasteiger partial charge is 0.376 e. The Kier molecular flexibility index (Phi) is 10.4. The van der Waals surface area contributed by atoms with Crippen LogP contribution in [0.15, 0.2) is 48.5 Å². The van der Waals surface area contributed by atoms with Crippen LogP contribution in [0.25, 0.3) is 0 Å². The van der Waals surface area contributed by atoms with E-state index >= 15 is 0 Å². The van der Waals surface area contributed by atoms with Gasteiger partial charge in [0.1, 0.15) is 0 Å². The number of anilines is 3. The topological polar surface area (TPSA) is 90.5 Å². The molecule has 7 nitrogen and oxygen atoms in total. The number of nitrogens with zero attached hydrogens (tertiary/aromatic N) is 1. The molecule has 7 heteroatoms. The quantitative estimate of drug-likeness (QED) is 0.423. The molecule has 0 saturated carbocycles. The molecule has 0 aromatic heterocycles. The van der Waals surface area contributed by atoms with Gasteiger partial charge in [0.25, 0.3) is 5.91 Å². The maximum atomic E-state index is 12.7. The van der Waals surface area contributed by atoms with Gasteiger partial charge in [-0.15, -0.1) is 0 Å². The molecule has 0 bridgehead atoms. The maximum Gasteiger partial charge on any atom is 0.253 e. The average Bonchev–Trinajstić information content (AvgIpc) is 2.78. The van der Waals surface area contributed by atoms with Crippen molar-refractivity contribution in [2.45, 2.75) is 47.0 Å². The summed E-state index contributed by atoms with van der Waals surface area (Å²) in [5.74, 6) is 0.113. The van der Waals surface area contributed by atoms with Gasteiger partial charge in [-0.2, -0.15) is 0 Å². The van der Waals surface area contributed by atoms with Crippen LogP contribution in [0.5, 0.6) is 0 Å². The van der Waals surface area contributed by atoms with Gasteiger partial charge in [0, 0.05) is 42.1 Å². The van der Waals surface area contributed by atoms with E-state index in [1.165, 1.54) is 0 Å². The minimum atomic E-state index is -0.191. The van der Waals surface area contributed by atoms with Crippen LogP contribution in [0.1, 0.15) is 57.3 Å². The highest BCUT2D eigenvalue weighted by molar-refractivity contribution is 5.96. The lowest BCUT2D eigenvalue weighted by atomic mass is 10.1. The number of carbonyl (C=O) groups is 3. The molecule has 0 fully saturated rings. The zero-order valence-corrected chi connectivity index (χ0v) is 20.1. The molecule has 0 unspecified atom stereocenters. The summed E-state index contributed by atoms with van der Waals surface area (Å²) < 4.78 is 0. The molecule has 0 heterocycles. The van der Waals surface area contributed by atoms with Gasteiger partial charge in [-0.05, 0) is 67.3 Å². The molecule has 3 N–H and O–H groups in total. The molecular weight excluding hydrogens is 416 g/mol. The fourth-order valence-corrected chi connectivity index (χ4v) is 3.38. The third kappa shape index (κ3) is 8.96. The van der Waals surface area contributed by atoms with E-state index in [4.69, 9.17) is 0 Å². The van der Waals surface area contributed by atoms with E-state index in [-0.39, 0.29) is 24.3 Å². The van der Waals surface area contributed by atoms with Crippen molar-refractivity contribution in [3.05, 3.63) is 54.1 Å². The smallest absolute Gasteiger partial charge is 0.253 e. The second kappa shape index (κ2) is 13.3. The zero-order chi connectivity index (χ0) is 24.2. The van der Waals surface area contributed by atoms with Crippen LogP contribution in [0.4, 0.5) is 17.1 Å². The first kappa shape index (κ1) is 25.9. The van der Waals surface area contributed by atoms with Crippen molar-refractivity contribution in [2.75, 3.05) is 35.6 Å².